The van der Waals surface area contributed by atoms with Gasteiger partial charge in [0.15, 0.2) is 5.78 Å². The van der Waals surface area contributed by atoms with Crippen LogP contribution in [0.5, 0.6) is 0 Å². The summed E-state index contributed by atoms with van der Waals surface area (Å²) < 4.78 is 0. The van der Waals surface area contributed by atoms with Crippen LogP contribution in [0.15, 0.2) is 18.2 Å². The lowest BCUT2D eigenvalue weighted by Gasteiger charge is -2.19. The number of ketones is 1. The Kier molecular flexibility index (Phi) is 2.72. The number of benzene rings is 1. The molecule has 0 amide bonds. The normalized spacial score (nSPS) is 30.8. The zero-order valence-electron chi connectivity index (χ0n) is 9.87. The molecule has 3 atom stereocenters. The Hall–Kier alpha value is -0.860. The van der Waals surface area contributed by atoms with Crippen molar-refractivity contribution in [1.82, 2.24) is 5.32 Å². The van der Waals surface area contributed by atoms with Gasteiger partial charge in [0.1, 0.15) is 0 Å². The zero-order valence-corrected chi connectivity index (χ0v) is 10.6. The average Bonchev–Trinajstić information content (AvgIpc) is 2.93. The molecule has 17 heavy (non-hydrogen) atoms. The molecule has 3 rings (SSSR count). The van der Waals surface area contributed by atoms with E-state index in [0.717, 1.165) is 24.0 Å². The van der Waals surface area contributed by atoms with Crippen molar-refractivity contribution in [2.45, 2.75) is 38.3 Å². The van der Waals surface area contributed by atoms with Crippen LogP contribution in [-0.2, 0) is 0 Å². The minimum atomic E-state index is 0.160. The first-order chi connectivity index (χ1) is 8.15. The molecule has 1 aromatic carbocycles. The lowest BCUT2D eigenvalue weighted by Crippen LogP contribution is -2.28. The molecule has 2 aliphatic heterocycles. The monoisotopic (exact) mass is 249 g/mol. The number of Topliss-reactive ketones (excluding diaryl/α,β-unsaturated/α-hetero) is 1. The molecule has 0 saturated carbocycles. The van der Waals surface area contributed by atoms with E-state index in [2.05, 4.69) is 5.32 Å². The Balaban J connectivity index is 1.84. The summed E-state index contributed by atoms with van der Waals surface area (Å²) in [5.74, 6) is 0.416. The third-order valence-corrected chi connectivity index (χ3v) is 4.50. The second kappa shape index (κ2) is 4.11. The maximum atomic E-state index is 12.4. The van der Waals surface area contributed by atoms with E-state index in [0.29, 0.717) is 17.1 Å². The molecule has 0 radical (unpaired) electrons. The van der Waals surface area contributed by atoms with Crippen molar-refractivity contribution in [3.05, 3.63) is 34.3 Å². The predicted molar refractivity (Wildman–Crippen MR) is 68.6 cm³/mol. The number of aryl methyl sites for hydroxylation is 1. The van der Waals surface area contributed by atoms with E-state index >= 15 is 0 Å². The topological polar surface area (TPSA) is 29.1 Å². The van der Waals surface area contributed by atoms with Gasteiger partial charge in [0.05, 0.1) is 0 Å². The highest BCUT2D eigenvalue weighted by atomic mass is 35.5. The number of nitrogens with one attached hydrogen (secondary N) is 1. The van der Waals surface area contributed by atoms with Gasteiger partial charge in [-0.15, -0.1) is 0 Å². The maximum absolute atomic E-state index is 12.4. The first kappa shape index (κ1) is 11.2. The first-order valence-corrected chi connectivity index (χ1v) is 6.59. The molecule has 0 aromatic heterocycles. The Morgan fingerprint density at radius 3 is 2.82 bits per heavy atom. The fourth-order valence-corrected chi connectivity index (χ4v) is 3.25. The highest BCUT2D eigenvalue weighted by molar-refractivity contribution is 6.31. The summed E-state index contributed by atoms with van der Waals surface area (Å²) in [5, 5.41) is 4.19. The van der Waals surface area contributed by atoms with E-state index in [1.54, 1.807) is 0 Å². The predicted octanol–water partition coefficient (Wildman–Crippen LogP) is 2.97. The van der Waals surface area contributed by atoms with Crippen molar-refractivity contribution < 1.29 is 4.79 Å². The standard InChI is InChI=1S/C14H16ClNO/c1-8-2-3-9(6-12(8)15)14(17)11-7-10-4-5-13(11)16-10/h2-3,6,10-11,13,16H,4-5,7H2,1H3. The Labute approximate surface area is 106 Å². The largest absolute Gasteiger partial charge is 0.310 e. The Morgan fingerprint density at radius 1 is 1.41 bits per heavy atom. The van der Waals surface area contributed by atoms with Crippen molar-refractivity contribution in [2.75, 3.05) is 0 Å². The van der Waals surface area contributed by atoms with Gasteiger partial charge in [0.25, 0.3) is 0 Å². The van der Waals surface area contributed by atoms with Crippen LogP contribution in [0.25, 0.3) is 0 Å². The number of carbonyl (C=O) groups is 1. The summed E-state index contributed by atoms with van der Waals surface area (Å²) in [7, 11) is 0. The summed E-state index contributed by atoms with van der Waals surface area (Å²) in [5.41, 5.74) is 1.79. The summed E-state index contributed by atoms with van der Waals surface area (Å²) >= 11 is 6.08. The van der Waals surface area contributed by atoms with E-state index in [1.807, 2.05) is 25.1 Å². The molecule has 90 valence electrons. The van der Waals surface area contributed by atoms with Gasteiger partial charge in [-0.05, 0) is 37.8 Å². The van der Waals surface area contributed by atoms with E-state index in [1.165, 1.54) is 6.42 Å². The molecule has 0 aliphatic carbocycles. The minimum absolute atomic E-state index is 0.160. The van der Waals surface area contributed by atoms with Gasteiger partial charge in [-0.25, -0.2) is 0 Å². The molecule has 0 spiro atoms. The molecule has 2 saturated heterocycles. The van der Waals surface area contributed by atoms with Crippen LogP contribution >= 0.6 is 11.6 Å². The van der Waals surface area contributed by atoms with Crippen LogP contribution in [0.1, 0.15) is 35.2 Å². The quantitative estimate of drug-likeness (QED) is 0.817. The minimum Gasteiger partial charge on any atom is -0.310 e. The van der Waals surface area contributed by atoms with Crippen LogP contribution in [0, 0.1) is 12.8 Å². The third kappa shape index (κ3) is 1.90. The molecular formula is C14H16ClNO. The number of rotatable bonds is 2. The average molecular weight is 250 g/mol. The molecule has 3 heteroatoms. The lowest BCUT2D eigenvalue weighted by molar-refractivity contribution is 0.0901. The molecule has 2 heterocycles. The second-order valence-electron chi connectivity index (χ2n) is 5.22. The van der Waals surface area contributed by atoms with Gasteiger partial charge in [-0.3, -0.25) is 4.79 Å². The van der Waals surface area contributed by atoms with Gasteiger partial charge >= 0.3 is 0 Å². The Bertz CT molecular complexity index is 471. The second-order valence-corrected chi connectivity index (χ2v) is 5.63. The highest BCUT2D eigenvalue weighted by Gasteiger charge is 2.42. The van der Waals surface area contributed by atoms with Crippen LogP contribution in [-0.4, -0.2) is 17.9 Å². The molecular weight excluding hydrogens is 234 g/mol. The van der Waals surface area contributed by atoms with E-state index in [-0.39, 0.29) is 11.7 Å². The molecule has 3 unspecified atom stereocenters. The van der Waals surface area contributed by atoms with Gasteiger partial charge in [-0.1, -0.05) is 23.7 Å². The molecule has 1 N–H and O–H groups in total. The number of carbonyl (C=O) groups excluding carboxylic acids is 1. The van der Waals surface area contributed by atoms with Gasteiger partial charge in [0, 0.05) is 28.6 Å². The third-order valence-electron chi connectivity index (χ3n) is 4.09. The van der Waals surface area contributed by atoms with E-state index in [4.69, 9.17) is 11.6 Å². The van der Waals surface area contributed by atoms with Crippen molar-refractivity contribution in [3.63, 3.8) is 0 Å². The Morgan fingerprint density at radius 2 is 2.24 bits per heavy atom. The maximum Gasteiger partial charge on any atom is 0.167 e. The molecule has 2 nitrogen and oxygen atoms in total. The highest BCUT2D eigenvalue weighted by Crippen LogP contribution is 2.35. The number of hydrogen-bond acceptors (Lipinski definition) is 2. The number of fused-ring (bicyclic) bond motifs is 2. The van der Waals surface area contributed by atoms with E-state index < -0.39 is 0 Å². The van der Waals surface area contributed by atoms with Crippen molar-refractivity contribution in [2.24, 2.45) is 5.92 Å². The SMILES string of the molecule is Cc1ccc(C(=O)C2CC3CCC2N3)cc1Cl. The molecule has 2 bridgehead atoms. The van der Waals surface area contributed by atoms with Gasteiger partial charge < -0.3 is 5.32 Å². The molecule has 2 aliphatic rings. The summed E-state index contributed by atoms with van der Waals surface area (Å²) in [6.45, 7) is 1.95. The number of halogens is 1. The van der Waals surface area contributed by atoms with Crippen LogP contribution < -0.4 is 5.32 Å². The summed E-state index contributed by atoms with van der Waals surface area (Å²) in [4.78, 5) is 12.4. The molecule has 2 fully saturated rings. The van der Waals surface area contributed by atoms with Crippen molar-refractivity contribution in [3.8, 4) is 0 Å². The smallest absolute Gasteiger partial charge is 0.167 e. The fraction of sp³-hybridized carbons (Fsp3) is 0.500. The van der Waals surface area contributed by atoms with Crippen LogP contribution in [0.2, 0.25) is 5.02 Å². The van der Waals surface area contributed by atoms with Crippen LogP contribution in [0.3, 0.4) is 0 Å². The van der Waals surface area contributed by atoms with Crippen molar-refractivity contribution in [1.29, 1.82) is 0 Å². The van der Waals surface area contributed by atoms with Crippen LogP contribution in [0.4, 0.5) is 0 Å². The fourth-order valence-electron chi connectivity index (χ4n) is 3.07. The summed E-state index contributed by atoms with van der Waals surface area (Å²) in [6, 6.07) is 6.60. The number of hydrogen-bond donors (Lipinski definition) is 1. The lowest BCUT2D eigenvalue weighted by atomic mass is 9.83. The molecule has 1 aromatic rings. The van der Waals surface area contributed by atoms with Crippen molar-refractivity contribution >= 4 is 17.4 Å². The zero-order chi connectivity index (χ0) is 12.0. The summed E-state index contributed by atoms with van der Waals surface area (Å²) in [6.07, 6.45) is 3.36. The van der Waals surface area contributed by atoms with E-state index in [9.17, 15) is 4.79 Å². The van der Waals surface area contributed by atoms with Gasteiger partial charge in [-0.2, -0.15) is 0 Å². The van der Waals surface area contributed by atoms with Gasteiger partial charge in [0.2, 0.25) is 0 Å². The first-order valence-electron chi connectivity index (χ1n) is 6.21.